The minimum atomic E-state index is -0.364. The first-order chi connectivity index (χ1) is 21.0. The van der Waals surface area contributed by atoms with Gasteiger partial charge in [0.2, 0.25) is 0 Å². The molecule has 0 heterocycles. The SMILES string of the molecule is CCN(CC)CCN(Cc1ccccc1N(C)C)Cc1cc(C(C)(C)C2=CC=CCC2)cc(C(C)(C)c2ccccc2)c1O. The van der Waals surface area contributed by atoms with Crippen LogP contribution < -0.4 is 4.90 Å². The van der Waals surface area contributed by atoms with Crippen molar-refractivity contribution in [3.63, 3.8) is 0 Å². The normalized spacial score (nSPS) is 13.9. The van der Waals surface area contributed by atoms with Crippen molar-refractivity contribution in [1.29, 1.82) is 0 Å². The number of nitrogens with zero attached hydrogens (tertiary/aromatic N) is 3. The molecule has 4 rings (SSSR count). The molecule has 44 heavy (non-hydrogen) atoms. The number of hydrogen-bond donors (Lipinski definition) is 1. The third-order valence-electron chi connectivity index (χ3n) is 9.78. The van der Waals surface area contributed by atoms with Crippen LogP contribution in [0.4, 0.5) is 5.69 Å². The van der Waals surface area contributed by atoms with Crippen LogP contribution in [0, 0.1) is 0 Å². The molecule has 0 atom stereocenters. The van der Waals surface area contributed by atoms with E-state index in [4.69, 9.17) is 0 Å². The zero-order valence-electron chi connectivity index (χ0n) is 28.5. The zero-order valence-corrected chi connectivity index (χ0v) is 28.5. The van der Waals surface area contributed by atoms with Crippen molar-refractivity contribution in [3.8, 4) is 5.75 Å². The number of aromatic hydroxyl groups is 1. The molecule has 0 spiro atoms. The minimum absolute atomic E-state index is 0.154. The molecule has 1 N–H and O–H groups in total. The Balaban J connectivity index is 1.83. The molecule has 1 aliphatic carbocycles. The van der Waals surface area contributed by atoms with Gasteiger partial charge >= 0.3 is 0 Å². The van der Waals surface area contributed by atoms with Crippen molar-refractivity contribution in [2.45, 2.75) is 78.3 Å². The highest BCUT2D eigenvalue weighted by atomic mass is 16.3. The highest BCUT2D eigenvalue weighted by Gasteiger charge is 2.33. The molecule has 0 bridgehead atoms. The standard InChI is InChI=1S/C40H55N3O/c1-9-42(10-2)25-26-43(29-31-19-17-18-24-37(31)41(7)8)30-32-27-35(39(3,4)33-20-13-11-14-21-33)28-36(38(32)44)40(5,6)34-22-15-12-16-23-34/h11-13,15-20,22-24,27-28,44H,9-10,14,21,25-26,29-30H2,1-8H3. The van der Waals surface area contributed by atoms with Gasteiger partial charge in [-0.25, -0.2) is 0 Å². The summed E-state index contributed by atoms with van der Waals surface area (Å²) < 4.78 is 0. The Labute approximate surface area is 267 Å². The maximum absolute atomic E-state index is 12.1. The highest BCUT2D eigenvalue weighted by Crippen LogP contribution is 2.44. The van der Waals surface area contributed by atoms with Gasteiger partial charge in [-0.05, 0) is 54.8 Å². The molecule has 0 unspecified atom stereocenters. The first kappa shape index (κ1) is 33.6. The van der Waals surface area contributed by atoms with Gasteiger partial charge < -0.3 is 14.9 Å². The van der Waals surface area contributed by atoms with Gasteiger partial charge in [0.05, 0.1) is 0 Å². The second-order valence-corrected chi connectivity index (χ2v) is 13.6. The van der Waals surface area contributed by atoms with Crippen LogP contribution in [0.25, 0.3) is 0 Å². The lowest BCUT2D eigenvalue weighted by Gasteiger charge is -2.35. The van der Waals surface area contributed by atoms with Crippen LogP contribution in [-0.2, 0) is 23.9 Å². The summed E-state index contributed by atoms with van der Waals surface area (Å²) in [5, 5.41) is 12.1. The lowest BCUT2D eigenvalue weighted by molar-refractivity contribution is 0.200. The lowest BCUT2D eigenvalue weighted by Crippen LogP contribution is -2.35. The number of phenols is 1. The number of rotatable bonds is 14. The van der Waals surface area contributed by atoms with Gasteiger partial charge in [-0.3, -0.25) is 4.90 Å². The number of para-hydroxylation sites is 1. The van der Waals surface area contributed by atoms with Crippen LogP contribution in [0.15, 0.2) is 90.5 Å². The molecule has 4 heteroatoms. The van der Waals surface area contributed by atoms with E-state index in [9.17, 15) is 5.11 Å². The van der Waals surface area contributed by atoms with Gasteiger partial charge in [0.15, 0.2) is 0 Å². The number of benzene rings is 3. The van der Waals surface area contributed by atoms with E-state index in [1.54, 1.807) is 0 Å². The molecule has 0 saturated heterocycles. The zero-order chi connectivity index (χ0) is 31.9. The topological polar surface area (TPSA) is 30.0 Å². The molecule has 0 aliphatic heterocycles. The monoisotopic (exact) mass is 593 g/mol. The Hall–Kier alpha value is -3.34. The van der Waals surface area contributed by atoms with Gasteiger partial charge in [0.25, 0.3) is 0 Å². The maximum atomic E-state index is 12.1. The van der Waals surface area contributed by atoms with E-state index >= 15 is 0 Å². The van der Waals surface area contributed by atoms with Crippen molar-refractivity contribution in [3.05, 3.63) is 118 Å². The van der Waals surface area contributed by atoms with Gasteiger partial charge in [-0.2, -0.15) is 0 Å². The smallest absolute Gasteiger partial charge is 0.124 e. The summed E-state index contributed by atoms with van der Waals surface area (Å²) in [6.07, 6.45) is 8.90. The minimum Gasteiger partial charge on any atom is -0.507 e. The highest BCUT2D eigenvalue weighted by molar-refractivity contribution is 5.55. The molecule has 0 saturated carbocycles. The van der Waals surface area contributed by atoms with Crippen molar-refractivity contribution in [2.75, 3.05) is 45.2 Å². The molecular weight excluding hydrogens is 538 g/mol. The Morgan fingerprint density at radius 1 is 0.727 bits per heavy atom. The van der Waals surface area contributed by atoms with Crippen LogP contribution in [0.1, 0.15) is 82.2 Å². The molecule has 3 aromatic rings. The summed E-state index contributed by atoms with van der Waals surface area (Å²) in [5.74, 6) is 0.421. The average Bonchev–Trinajstić information content (AvgIpc) is 3.03. The summed E-state index contributed by atoms with van der Waals surface area (Å²) >= 11 is 0. The fourth-order valence-electron chi connectivity index (χ4n) is 6.57. The molecule has 1 aliphatic rings. The van der Waals surface area contributed by atoms with E-state index in [1.165, 1.54) is 28.0 Å². The number of hydrogen-bond acceptors (Lipinski definition) is 4. The largest absolute Gasteiger partial charge is 0.507 e. The van der Waals surface area contributed by atoms with Crippen LogP contribution in [-0.4, -0.2) is 55.2 Å². The second-order valence-electron chi connectivity index (χ2n) is 13.6. The van der Waals surface area contributed by atoms with Gasteiger partial charge in [0.1, 0.15) is 5.75 Å². The second kappa shape index (κ2) is 14.6. The Morgan fingerprint density at radius 3 is 2.00 bits per heavy atom. The predicted molar refractivity (Wildman–Crippen MR) is 189 cm³/mol. The Bertz CT molecular complexity index is 1430. The van der Waals surface area contributed by atoms with Gasteiger partial charge in [-0.15, -0.1) is 0 Å². The number of likely N-dealkylation sites (N-methyl/N-ethyl adjacent to an activating group) is 1. The lowest BCUT2D eigenvalue weighted by atomic mass is 9.70. The quantitative estimate of drug-likeness (QED) is 0.203. The van der Waals surface area contributed by atoms with Crippen LogP contribution in [0.3, 0.4) is 0 Å². The molecule has 0 radical (unpaired) electrons. The summed E-state index contributed by atoms with van der Waals surface area (Å²) in [6.45, 7) is 19.1. The van der Waals surface area contributed by atoms with Crippen molar-refractivity contribution in [2.24, 2.45) is 0 Å². The van der Waals surface area contributed by atoms with E-state index in [0.717, 1.165) is 56.7 Å². The van der Waals surface area contributed by atoms with Crippen molar-refractivity contribution in [1.82, 2.24) is 9.80 Å². The number of anilines is 1. The van der Waals surface area contributed by atoms with Gasteiger partial charge in [-0.1, -0.05) is 120 Å². The first-order valence-corrected chi connectivity index (χ1v) is 16.5. The molecular formula is C40H55N3O. The Morgan fingerprint density at radius 2 is 1.36 bits per heavy atom. The fourth-order valence-corrected chi connectivity index (χ4v) is 6.57. The van der Waals surface area contributed by atoms with Crippen molar-refractivity contribution < 1.29 is 5.11 Å². The van der Waals surface area contributed by atoms with Gasteiger partial charge in [0, 0.05) is 67.9 Å². The predicted octanol–water partition coefficient (Wildman–Crippen LogP) is 8.68. The molecule has 0 amide bonds. The molecule has 236 valence electrons. The molecule has 3 aromatic carbocycles. The summed E-state index contributed by atoms with van der Waals surface area (Å²) in [5.41, 5.74) is 7.93. The van der Waals surface area contributed by atoms with E-state index in [-0.39, 0.29) is 10.8 Å². The van der Waals surface area contributed by atoms with Crippen LogP contribution in [0.2, 0.25) is 0 Å². The van der Waals surface area contributed by atoms with E-state index in [2.05, 4.69) is 155 Å². The van der Waals surface area contributed by atoms with Crippen LogP contribution in [0.5, 0.6) is 5.75 Å². The van der Waals surface area contributed by atoms with E-state index in [0.29, 0.717) is 12.3 Å². The third-order valence-corrected chi connectivity index (χ3v) is 9.78. The van der Waals surface area contributed by atoms with Crippen molar-refractivity contribution >= 4 is 5.69 Å². The first-order valence-electron chi connectivity index (χ1n) is 16.5. The molecule has 4 nitrogen and oxygen atoms in total. The maximum Gasteiger partial charge on any atom is 0.124 e. The summed E-state index contributed by atoms with van der Waals surface area (Å²) in [6, 6.07) is 23.9. The Kier molecular flexibility index (Phi) is 11.2. The van der Waals surface area contributed by atoms with Crippen LogP contribution >= 0.6 is 0 Å². The molecule has 0 fully saturated rings. The molecule has 0 aromatic heterocycles. The average molecular weight is 594 g/mol. The third kappa shape index (κ3) is 7.65. The summed E-state index contributed by atoms with van der Waals surface area (Å²) in [7, 11) is 4.23. The van der Waals surface area contributed by atoms with E-state index < -0.39 is 0 Å². The number of phenolic OH excluding ortho intramolecular Hbond substituents is 1. The summed E-state index contributed by atoms with van der Waals surface area (Å²) in [4.78, 5) is 7.21. The van der Waals surface area contributed by atoms with E-state index in [1.807, 2.05) is 0 Å². The number of allylic oxidation sites excluding steroid dienone is 4. The fraction of sp³-hybridized carbons (Fsp3) is 0.450.